The molecule has 0 atom stereocenters. The molecule has 0 aromatic rings. The lowest BCUT2D eigenvalue weighted by atomic mass is 9.78. The highest BCUT2D eigenvalue weighted by Gasteiger charge is 2.33. The Morgan fingerprint density at radius 3 is 2.26 bits per heavy atom. The Balaban J connectivity index is 2.46. The van der Waals surface area contributed by atoms with E-state index in [1.807, 2.05) is 7.05 Å². The van der Waals surface area contributed by atoms with Gasteiger partial charge in [-0.25, -0.2) is 0 Å². The van der Waals surface area contributed by atoms with Crippen LogP contribution in [0.4, 0.5) is 0 Å². The van der Waals surface area contributed by atoms with Crippen LogP contribution in [0.15, 0.2) is 0 Å². The largest absolute Gasteiger partial charge is 0.355 e. The van der Waals surface area contributed by atoms with E-state index in [0.717, 1.165) is 19.4 Å². The van der Waals surface area contributed by atoms with Crippen molar-refractivity contribution in [2.24, 2.45) is 11.3 Å². The van der Waals surface area contributed by atoms with E-state index in [9.17, 15) is 4.79 Å². The van der Waals surface area contributed by atoms with E-state index in [4.69, 9.17) is 0 Å². The second-order valence-electron chi connectivity index (χ2n) is 7.19. The fourth-order valence-electron chi connectivity index (χ4n) is 2.64. The van der Waals surface area contributed by atoms with Gasteiger partial charge in [-0.05, 0) is 31.2 Å². The van der Waals surface area contributed by atoms with Crippen molar-refractivity contribution < 1.29 is 4.79 Å². The Morgan fingerprint density at radius 1 is 1.21 bits per heavy atom. The molecule has 0 bridgehead atoms. The highest BCUT2D eigenvalue weighted by Crippen LogP contribution is 2.31. The van der Waals surface area contributed by atoms with Crippen LogP contribution >= 0.6 is 0 Å². The van der Waals surface area contributed by atoms with Crippen molar-refractivity contribution in [1.29, 1.82) is 0 Å². The summed E-state index contributed by atoms with van der Waals surface area (Å²) in [4.78, 5) is 12.2. The van der Waals surface area contributed by atoms with Crippen molar-refractivity contribution in [3.8, 4) is 0 Å². The van der Waals surface area contributed by atoms with Gasteiger partial charge in [-0.3, -0.25) is 4.79 Å². The summed E-state index contributed by atoms with van der Waals surface area (Å²) in [6.45, 7) is 9.62. The van der Waals surface area contributed by atoms with Gasteiger partial charge >= 0.3 is 0 Å². The first-order valence-electron chi connectivity index (χ1n) is 7.77. The Hall–Kier alpha value is -0.570. The molecule has 0 unspecified atom stereocenters. The monoisotopic (exact) mass is 268 g/mol. The van der Waals surface area contributed by atoms with Crippen LogP contribution in [0.1, 0.15) is 66.2 Å². The van der Waals surface area contributed by atoms with Crippen molar-refractivity contribution in [2.75, 3.05) is 13.6 Å². The van der Waals surface area contributed by atoms with Crippen molar-refractivity contribution >= 4 is 5.91 Å². The molecule has 1 aliphatic rings. The standard InChI is InChI=1S/C16H32N2O/c1-13(2)15(3,4)12-18-14(19)11-16(17-5)9-7-6-8-10-16/h13,17H,6-12H2,1-5H3,(H,18,19). The van der Waals surface area contributed by atoms with Gasteiger partial charge in [0.25, 0.3) is 0 Å². The fraction of sp³-hybridized carbons (Fsp3) is 0.938. The average molecular weight is 268 g/mol. The highest BCUT2D eigenvalue weighted by atomic mass is 16.1. The summed E-state index contributed by atoms with van der Waals surface area (Å²) in [6.07, 6.45) is 6.68. The van der Waals surface area contributed by atoms with Crippen LogP contribution in [-0.2, 0) is 4.79 Å². The molecule has 1 rings (SSSR count). The molecule has 3 nitrogen and oxygen atoms in total. The zero-order chi connectivity index (χ0) is 14.5. The van der Waals surface area contributed by atoms with E-state index < -0.39 is 0 Å². The van der Waals surface area contributed by atoms with Crippen molar-refractivity contribution in [1.82, 2.24) is 10.6 Å². The molecular weight excluding hydrogens is 236 g/mol. The minimum atomic E-state index is 0.0459. The SMILES string of the molecule is CNC1(CC(=O)NCC(C)(C)C(C)C)CCCCC1. The van der Waals surface area contributed by atoms with Crippen LogP contribution in [0.25, 0.3) is 0 Å². The van der Waals surface area contributed by atoms with Crippen LogP contribution in [0.2, 0.25) is 0 Å². The summed E-state index contributed by atoms with van der Waals surface area (Å²) in [7, 11) is 2.00. The number of hydrogen-bond acceptors (Lipinski definition) is 2. The summed E-state index contributed by atoms with van der Waals surface area (Å²) in [5, 5.41) is 6.54. The van der Waals surface area contributed by atoms with E-state index in [0.29, 0.717) is 12.3 Å². The third-order valence-corrected chi connectivity index (χ3v) is 5.14. The number of nitrogens with one attached hydrogen (secondary N) is 2. The smallest absolute Gasteiger partial charge is 0.221 e. The maximum Gasteiger partial charge on any atom is 0.221 e. The summed E-state index contributed by atoms with van der Waals surface area (Å²) in [5.41, 5.74) is 0.208. The van der Waals surface area contributed by atoms with Crippen LogP contribution in [0.3, 0.4) is 0 Å². The lowest BCUT2D eigenvalue weighted by molar-refractivity contribution is -0.123. The molecular formula is C16H32N2O. The van der Waals surface area contributed by atoms with Gasteiger partial charge in [0.05, 0.1) is 0 Å². The molecule has 1 amide bonds. The molecule has 1 saturated carbocycles. The number of hydrogen-bond donors (Lipinski definition) is 2. The molecule has 0 aromatic carbocycles. The number of carbonyl (C=O) groups is 1. The number of amides is 1. The molecule has 0 heterocycles. The van der Waals surface area contributed by atoms with Crippen LogP contribution in [-0.4, -0.2) is 25.0 Å². The molecule has 112 valence electrons. The molecule has 0 aromatic heterocycles. The van der Waals surface area contributed by atoms with Gasteiger partial charge in [-0.15, -0.1) is 0 Å². The maximum atomic E-state index is 12.2. The Kier molecular flexibility index (Phi) is 5.84. The maximum absolute atomic E-state index is 12.2. The first-order valence-corrected chi connectivity index (χ1v) is 7.77. The van der Waals surface area contributed by atoms with Crippen LogP contribution in [0, 0.1) is 11.3 Å². The topological polar surface area (TPSA) is 41.1 Å². The van der Waals surface area contributed by atoms with Crippen molar-refractivity contribution in [2.45, 2.75) is 71.8 Å². The van der Waals surface area contributed by atoms with Gasteiger partial charge in [0.15, 0.2) is 0 Å². The molecule has 0 saturated heterocycles. The van der Waals surface area contributed by atoms with E-state index in [-0.39, 0.29) is 16.9 Å². The van der Waals surface area contributed by atoms with Gasteiger partial charge in [0, 0.05) is 18.5 Å². The molecule has 19 heavy (non-hydrogen) atoms. The predicted octanol–water partition coefficient (Wildman–Crippen LogP) is 3.10. The van der Waals surface area contributed by atoms with Crippen molar-refractivity contribution in [3.63, 3.8) is 0 Å². The summed E-state index contributed by atoms with van der Waals surface area (Å²) in [5.74, 6) is 0.769. The third kappa shape index (κ3) is 4.79. The van der Waals surface area contributed by atoms with Gasteiger partial charge in [0.2, 0.25) is 5.91 Å². The Morgan fingerprint density at radius 2 is 1.79 bits per heavy atom. The Labute approximate surface area is 118 Å². The zero-order valence-electron chi connectivity index (χ0n) is 13.4. The average Bonchev–Trinajstić information content (AvgIpc) is 2.37. The first-order chi connectivity index (χ1) is 8.81. The van der Waals surface area contributed by atoms with Crippen LogP contribution in [0.5, 0.6) is 0 Å². The van der Waals surface area contributed by atoms with E-state index in [1.54, 1.807) is 0 Å². The minimum absolute atomic E-state index is 0.0459. The molecule has 0 radical (unpaired) electrons. The second-order valence-corrected chi connectivity index (χ2v) is 7.19. The minimum Gasteiger partial charge on any atom is -0.355 e. The third-order valence-electron chi connectivity index (χ3n) is 5.14. The quantitative estimate of drug-likeness (QED) is 0.777. The summed E-state index contributed by atoms with van der Waals surface area (Å²) < 4.78 is 0. The van der Waals surface area contributed by atoms with E-state index >= 15 is 0 Å². The summed E-state index contributed by atoms with van der Waals surface area (Å²) >= 11 is 0. The fourth-order valence-corrected chi connectivity index (χ4v) is 2.64. The van der Waals surface area contributed by atoms with Gasteiger partial charge in [-0.2, -0.15) is 0 Å². The normalized spacial score (nSPS) is 19.5. The molecule has 1 fully saturated rings. The first kappa shape index (κ1) is 16.5. The highest BCUT2D eigenvalue weighted by molar-refractivity contribution is 5.77. The van der Waals surface area contributed by atoms with Gasteiger partial charge in [-0.1, -0.05) is 47.0 Å². The Bertz CT molecular complexity index is 291. The number of carbonyl (C=O) groups excluding carboxylic acids is 1. The van der Waals surface area contributed by atoms with Crippen LogP contribution < -0.4 is 10.6 Å². The molecule has 3 heteroatoms. The lowest BCUT2D eigenvalue weighted by Crippen LogP contribution is -2.49. The molecule has 0 spiro atoms. The lowest BCUT2D eigenvalue weighted by Gasteiger charge is -2.37. The molecule has 1 aliphatic carbocycles. The van der Waals surface area contributed by atoms with E-state index in [1.165, 1.54) is 19.3 Å². The van der Waals surface area contributed by atoms with Gasteiger partial charge in [0.1, 0.15) is 0 Å². The zero-order valence-corrected chi connectivity index (χ0v) is 13.4. The van der Waals surface area contributed by atoms with Crippen molar-refractivity contribution in [3.05, 3.63) is 0 Å². The second kappa shape index (κ2) is 6.74. The summed E-state index contributed by atoms with van der Waals surface area (Å²) in [6, 6.07) is 0. The number of rotatable bonds is 6. The molecule has 0 aliphatic heterocycles. The van der Waals surface area contributed by atoms with E-state index in [2.05, 4.69) is 38.3 Å². The van der Waals surface area contributed by atoms with Gasteiger partial charge < -0.3 is 10.6 Å². The predicted molar refractivity (Wildman–Crippen MR) is 81.1 cm³/mol. The molecule has 2 N–H and O–H groups in total.